The Hall–Kier alpha value is -3.97. The summed E-state index contributed by atoms with van der Waals surface area (Å²) in [5.41, 5.74) is 2.13. The van der Waals surface area contributed by atoms with E-state index in [1.165, 1.54) is 47.7 Å². The fourth-order valence-electron chi connectivity index (χ4n) is 4.86. The molecule has 0 spiro atoms. The lowest BCUT2D eigenvalue weighted by Gasteiger charge is -2.36. The average molecular weight is 503 g/mol. The molecule has 0 aromatic heterocycles. The zero-order chi connectivity index (χ0) is 25.9. The van der Waals surface area contributed by atoms with Gasteiger partial charge in [-0.15, -0.1) is 0 Å². The van der Waals surface area contributed by atoms with Crippen LogP contribution in [0.3, 0.4) is 0 Å². The molecule has 1 N–H and O–H groups in total. The number of hydrogen-bond donors (Lipinski definition) is 1. The number of nitrogens with one attached hydrogen (secondary N) is 1. The van der Waals surface area contributed by atoms with Crippen molar-refractivity contribution in [3.05, 3.63) is 102 Å². The van der Waals surface area contributed by atoms with Crippen LogP contribution < -0.4 is 15.0 Å². The van der Waals surface area contributed by atoms with Gasteiger partial charge in [0.2, 0.25) is 0 Å². The van der Waals surface area contributed by atoms with Crippen molar-refractivity contribution in [3.8, 4) is 5.75 Å². The zero-order valence-corrected chi connectivity index (χ0v) is 20.7. The Morgan fingerprint density at radius 3 is 2.73 bits per heavy atom. The summed E-state index contributed by atoms with van der Waals surface area (Å²) in [6.07, 6.45) is 0.477. The molecule has 4 aromatic carbocycles. The second-order valence-corrected chi connectivity index (χ2v) is 9.15. The number of anilines is 2. The molecule has 0 aliphatic carbocycles. The van der Waals surface area contributed by atoms with E-state index in [-0.39, 0.29) is 17.7 Å². The smallest absolute Gasteiger partial charge is 0.340 e. The van der Waals surface area contributed by atoms with Gasteiger partial charge in [-0.3, -0.25) is 0 Å². The lowest BCUT2D eigenvalue weighted by atomic mass is 9.99. The average Bonchev–Trinajstić information content (AvgIpc) is 2.92. The molecule has 0 saturated heterocycles. The van der Waals surface area contributed by atoms with Crippen molar-refractivity contribution in [2.45, 2.75) is 25.5 Å². The van der Waals surface area contributed by atoms with E-state index < -0.39 is 17.6 Å². The number of nitrogens with zero attached hydrogens (tertiary/aromatic N) is 1. The summed E-state index contributed by atoms with van der Waals surface area (Å²) >= 11 is 0. The second kappa shape index (κ2) is 10.6. The Kier molecular flexibility index (Phi) is 7.06. The quantitative estimate of drug-likeness (QED) is 0.291. The van der Waals surface area contributed by atoms with Crippen LogP contribution in [0.25, 0.3) is 10.8 Å². The Labute approximate surface area is 214 Å². The van der Waals surface area contributed by atoms with Crippen molar-refractivity contribution in [1.82, 2.24) is 5.32 Å². The lowest BCUT2D eigenvalue weighted by Crippen LogP contribution is -2.39. The number of ether oxygens (including phenoxy) is 2. The minimum atomic E-state index is -0.768. The van der Waals surface area contributed by atoms with Gasteiger partial charge in [0.1, 0.15) is 23.5 Å². The second-order valence-electron chi connectivity index (χ2n) is 9.15. The first kappa shape index (κ1) is 24.7. The first-order valence-corrected chi connectivity index (χ1v) is 12.3. The Bertz CT molecular complexity index is 1440. The van der Waals surface area contributed by atoms with Gasteiger partial charge in [0.05, 0.1) is 24.9 Å². The van der Waals surface area contributed by atoms with Crippen LogP contribution >= 0.6 is 0 Å². The molecule has 1 aliphatic rings. The van der Waals surface area contributed by atoms with E-state index in [1.807, 2.05) is 17.0 Å². The number of carbonyl (C=O) groups excluding carboxylic acids is 1. The maximum Gasteiger partial charge on any atom is 0.340 e. The highest BCUT2D eigenvalue weighted by Gasteiger charge is 2.28. The molecule has 1 unspecified atom stereocenters. The highest BCUT2D eigenvalue weighted by atomic mass is 19.1. The first-order chi connectivity index (χ1) is 17.9. The molecule has 190 valence electrons. The fraction of sp³-hybridized carbons (Fsp3) is 0.233. The zero-order valence-electron chi connectivity index (χ0n) is 20.7. The van der Waals surface area contributed by atoms with Gasteiger partial charge in [-0.25, -0.2) is 13.6 Å². The number of fused-ring (bicyclic) bond motifs is 2. The Morgan fingerprint density at radius 1 is 1.08 bits per heavy atom. The van der Waals surface area contributed by atoms with Crippen LogP contribution in [0.1, 0.15) is 35.3 Å². The molecule has 1 aliphatic heterocycles. The molecule has 37 heavy (non-hydrogen) atoms. The van der Waals surface area contributed by atoms with Gasteiger partial charge in [0.15, 0.2) is 0 Å². The fourth-order valence-corrected chi connectivity index (χ4v) is 4.86. The lowest BCUT2D eigenvalue weighted by molar-refractivity contribution is 0.0595. The largest absolute Gasteiger partial charge is 0.486 e. The van der Waals surface area contributed by atoms with Gasteiger partial charge in [-0.1, -0.05) is 42.5 Å². The molecule has 2 atom stereocenters. The van der Waals surface area contributed by atoms with Crippen LogP contribution in [-0.2, 0) is 4.74 Å². The minimum absolute atomic E-state index is 0.131. The highest BCUT2D eigenvalue weighted by molar-refractivity contribution is 5.91. The number of carbonyl (C=O) groups is 1. The summed E-state index contributed by atoms with van der Waals surface area (Å²) < 4.78 is 39.3. The number of hydrogen-bond acceptors (Lipinski definition) is 5. The molecule has 0 fully saturated rings. The van der Waals surface area contributed by atoms with Gasteiger partial charge < -0.3 is 19.7 Å². The maximum atomic E-state index is 14.3. The molecule has 1 heterocycles. The van der Waals surface area contributed by atoms with Crippen LogP contribution in [0.15, 0.2) is 78.9 Å². The van der Waals surface area contributed by atoms with E-state index in [0.29, 0.717) is 36.6 Å². The third-order valence-corrected chi connectivity index (χ3v) is 6.77. The molecule has 0 amide bonds. The summed E-state index contributed by atoms with van der Waals surface area (Å²) in [6, 6.07) is 23.3. The van der Waals surface area contributed by atoms with E-state index in [2.05, 4.69) is 42.6 Å². The number of benzene rings is 4. The number of esters is 1. The SMILES string of the molecule is COC(=O)c1cc(N2CC(CCN[C@H](C)c3cccc4ccccc34)Oc3ccc(F)cc32)ccc1F. The van der Waals surface area contributed by atoms with E-state index >= 15 is 0 Å². The maximum absolute atomic E-state index is 14.3. The standard InChI is InChI=1S/C30H28F2N2O3/c1-19(24-9-5-7-20-6-3-4-8-25(20)24)33-15-14-23-18-34(28-16-21(31)10-13-29(28)37-23)22-11-12-27(32)26(17-22)30(35)36-2/h3-13,16-17,19,23,33H,14-15,18H2,1-2H3/t19-,23?/m1/s1. The van der Waals surface area contributed by atoms with Crippen molar-refractivity contribution < 1.29 is 23.0 Å². The van der Waals surface area contributed by atoms with Crippen LogP contribution in [0, 0.1) is 11.6 Å². The molecular weight excluding hydrogens is 474 g/mol. The Morgan fingerprint density at radius 2 is 1.89 bits per heavy atom. The summed E-state index contributed by atoms with van der Waals surface area (Å²) in [4.78, 5) is 13.9. The molecule has 4 aromatic rings. The van der Waals surface area contributed by atoms with Crippen LogP contribution in [0.4, 0.5) is 20.2 Å². The van der Waals surface area contributed by atoms with Crippen LogP contribution in [-0.4, -0.2) is 32.3 Å². The van der Waals surface area contributed by atoms with Gasteiger partial charge >= 0.3 is 5.97 Å². The van der Waals surface area contributed by atoms with Crippen molar-refractivity contribution in [3.63, 3.8) is 0 Å². The predicted octanol–water partition coefficient (Wildman–Crippen LogP) is 6.54. The van der Waals surface area contributed by atoms with Crippen molar-refractivity contribution >= 4 is 28.1 Å². The summed E-state index contributed by atoms with van der Waals surface area (Å²) in [5.74, 6) is -1.32. The monoisotopic (exact) mass is 502 g/mol. The molecule has 5 nitrogen and oxygen atoms in total. The van der Waals surface area contributed by atoms with E-state index in [9.17, 15) is 13.6 Å². The minimum Gasteiger partial charge on any atom is -0.486 e. The van der Waals surface area contributed by atoms with Gasteiger partial charge in [0.25, 0.3) is 0 Å². The third kappa shape index (κ3) is 5.13. The molecule has 0 radical (unpaired) electrons. The normalized spacial score (nSPS) is 15.7. The topological polar surface area (TPSA) is 50.8 Å². The molecule has 5 rings (SSSR count). The van der Waals surface area contributed by atoms with Gasteiger partial charge in [-0.05, 0) is 66.6 Å². The predicted molar refractivity (Wildman–Crippen MR) is 141 cm³/mol. The number of methoxy groups -OCH3 is 1. The van der Waals surface area contributed by atoms with Crippen molar-refractivity contribution in [1.29, 1.82) is 0 Å². The summed E-state index contributed by atoms with van der Waals surface area (Å²) in [6.45, 7) is 3.24. The van der Waals surface area contributed by atoms with Gasteiger partial charge in [-0.2, -0.15) is 0 Å². The highest BCUT2D eigenvalue weighted by Crippen LogP contribution is 2.39. The van der Waals surface area contributed by atoms with Crippen molar-refractivity contribution in [2.75, 3.05) is 25.1 Å². The summed E-state index contributed by atoms with van der Waals surface area (Å²) in [5, 5.41) is 6.02. The molecule has 7 heteroatoms. The number of rotatable bonds is 7. The summed E-state index contributed by atoms with van der Waals surface area (Å²) in [7, 11) is 1.20. The Balaban J connectivity index is 1.34. The third-order valence-electron chi connectivity index (χ3n) is 6.77. The van der Waals surface area contributed by atoms with Crippen LogP contribution in [0.5, 0.6) is 5.75 Å². The van der Waals surface area contributed by atoms with E-state index in [4.69, 9.17) is 9.47 Å². The van der Waals surface area contributed by atoms with Crippen LogP contribution in [0.2, 0.25) is 0 Å². The van der Waals surface area contributed by atoms with E-state index in [1.54, 1.807) is 12.1 Å². The van der Waals surface area contributed by atoms with Gasteiger partial charge in [0, 0.05) is 17.8 Å². The van der Waals surface area contributed by atoms with E-state index in [0.717, 1.165) is 0 Å². The first-order valence-electron chi connectivity index (χ1n) is 12.3. The molecular formula is C30H28F2N2O3. The van der Waals surface area contributed by atoms with Crippen molar-refractivity contribution in [2.24, 2.45) is 0 Å². The molecule has 0 saturated carbocycles. The molecule has 0 bridgehead atoms. The number of halogens is 2.